The van der Waals surface area contributed by atoms with Gasteiger partial charge in [0.15, 0.2) is 0 Å². The van der Waals surface area contributed by atoms with Gasteiger partial charge >= 0.3 is 0 Å². The van der Waals surface area contributed by atoms with Gasteiger partial charge in [-0.2, -0.15) is 0 Å². The second kappa shape index (κ2) is 9.67. The molecule has 0 saturated heterocycles. The Morgan fingerprint density at radius 1 is 1.25 bits per heavy atom. The number of rotatable bonds is 7. The third-order valence-corrected chi connectivity index (χ3v) is 7.15. The Morgan fingerprint density at radius 2 is 1.96 bits per heavy atom. The SMILES string of the molecule is Cl.O=S(=O)(NCCCCN1CCc2ccccc2C1)C1C=C(F)C=CC1(F)Cl. The van der Waals surface area contributed by atoms with Crippen molar-refractivity contribution in [3.63, 3.8) is 0 Å². The first-order valence-corrected chi connectivity index (χ1v) is 10.9. The lowest BCUT2D eigenvalue weighted by Crippen LogP contribution is -2.44. The molecular formula is C19H24Cl2F2N2O2S. The fourth-order valence-corrected chi connectivity index (χ4v) is 5.29. The van der Waals surface area contributed by atoms with Gasteiger partial charge in [0.05, 0.1) is 0 Å². The molecule has 0 radical (unpaired) electrons. The number of nitrogens with zero attached hydrogens (tertiary/aromatic N) is 1. The number of unbranched alkanes of at least 4 members (excludes halogenated alkanes) is 1. The average Bonchev–Trinajstić information content (AvgIpc) is 2.63. The van der Waals surface area contributed by atoms with Gasteiger partial charge in [-0.05, 0) is 55.2 Å². The van der Waals surface area contributed by atoms with Crippen molar-refractivity contribution in [2.45, 2.75) is 36.2 Å². The highest BCUT2D eigenvalue weighted by molar-refractivity contribution is 7.90. The van der Waals surface area contributed by atoms with Gasteiger partial charge in [0.25, 0.3) is 0 Å². The van der Waals surface area contributed by atoms with Crippen molar-refractivity contribution in [2.24, 2.45) is 0 Å². The predicted molar refractivity (Wildman–Crippen MR) is 111 cm³/mol. The van der Waals surface area contributed by atoms with E-state index in [1.807, 2.05) is 6.07 Å². The van der Waals surface area contributed by atoms with Crippen LogP contribution in [0.4, 0.5) is 8.78 Å². The third kappa shape index (κ3) is 5.76. The van der Waals surface area contributed by atoms with Crippen molar-refractivity contribution in [2.75, 3.05) is 19.6 Å². The number of hydrogen-bond donors (Lipinski definition) is 1. The molecule has 1 aromatic carbocycles. The minimum absolute atomic E-state index is 0. The fourth-order valence-electron chi connectivity index (χ4n) is 3.40. The second-order valence-corrected chi connectivity index (χ2v) is 9.39. The van der Waals surface area contributed by atoms with Crippen LogP contribution in [0.1, 0.15) is 24.0 Å². The highest BCUT2D eigenvalue weighted by Crippen LogP contribution is 2.34. The summed E-state index contributed by atoms with van der Waals surface area (Å²) in [5.41, 5.74) is 2.73. The maximum absolute atomic E-state index is 14.2. The van der Waals surface area contributed by atoms with Crippen LogP contribution in [0.2, 0.25) is 0 Å². The summed E-state index contributed by atoms with van der Waals surface area (Å²) in [7, 11) is -4.11. The zero-order chi connectivity index (χ0) is 19.5. The van der Waals surface area contributed by atoms with Gasteiger partial charge in [0, 0.05) is 19.6 Å². The zero-order valence-electron chi connectivity index (χ0n) is 15.3. The first-order valence-electron chi connectivity index (χ1n) is 9.00. The van der Waals surface area contributed by atoms with E-state index in [-0.39, 0.29) is 19.0 Å². The molecule has 0 aromatic heterocycles. The molecule has 9 heteroatoms. The Bertz CT molecular complexity index is 844. The molecule has 0 spiro atoms. The minimum atomic E-state index is -4.11. The van der Waals surface area contributed by atoms with Crippen LogP contribution in [-0.4, -0.2) is 43.3 Å². The topological polar surface area (TPSA) is 49.4 Å². The van der Waals surface area contributed by atoms with E-state index in [0.717, 1.165) is 44.6 Å². The highest BCUT2D eigenvalue weighted by atomic mass is 35.5. The van der Waals surface area contributed by atoms with Crippen molar-refractivity contribution in [1.29, 1.82) is 0 Å². The first kappa shape index (κ1) is 23.3. The Hall–Kier alpha value is -0.990. The monoisotopic (exact) mass is 452 g/mol. The third-order valence-electron chi connectivity index (χ3n) is 4.90. The summed E-state index contributed by atoms with van der Waals surface area (Å²) < 4.78 is 54.4. The van der Waals surface area contributed by atoms with Crippen LogP contribution in [-0.2, 0) is 23.0 Å². The van der Waals surface area contributed by atoms with Crippen molar-refractivity contribution in [3.05, 3.63) is 59.4 Å². The summed E-state index contributed by atoms with van der Waals surface area (Å²) in [6.07, 6.45) is 4.68. The number of nitrogens with one attached hydrogen (secondary N) is 1. The van der Waals surface area contributed by atoms with E-state index in [2.05, 4.69) is 27.8 Å². The summed E-state index contributed by atoms with van der Waals surface area (Å²) in [5.74, 6) is -0.815. The molecule has 0 bridgehead atoms. The molecule has 1 heterocycles. The highest BCUT2D eigenvalue weighted by Gasteiger charge is 2.44. The molecule has 0 saturated carbocycles. The van der Waals surface area contributed by atoms with Gasteiger partial charge in [0.2, 0.25) is 15.2 Å². The summed E-state index contributed by atoms with van der Waals surface area (Å²) in [6, 6.07) is 8.38. The number of benzene rings is 1. The van der Waals surface area contributed by atoms with Crippen molar-refractivity contribution < 1.29 is 17.2 Å². The lowest BCUT2D eigenvalue weighted by molar-refractivity contribution is 0.249. The Labute approximate surface area is 176 Å². The van der Waals surface area contributed by atoms with Gasteiger partial charge in [-0.1, -0.05) is 35.9 Å². The summed E-state index contributed by atoms with van der Waals surface area (Å²) >= 11 is 5.58. The van der Waals surface area contributed by atoms with Crippen LogP contribution in [0.3, 0.4) is 0 Å². The largest absolute Gasteiger partial charge is 0.299 e. The molecule has 156 valence electrons. The standard InChI is InChI=1S/C19H23ClF2N2O2S.ClH/c20-19(22)9-7-17(21)13-18(19)27(25,26)23-10-3-4-11-24-12-8-15-5-1-2-6-16(15)14-24;/h1-2,5-7,9,13,18,23H,3-4,8,10-12,14H2;1H. The van der Waals surface area contributed by atoms with Crippen LogP contribution >= 0.6 is 24.0 Å². The lowest BCUT2D eigenvalue weighted by atomic mass is 10.00. The predicted octanol–water partition coefficient (Wildman–Crippen LogP) is 3.86. The van der Waals surface area contributed by atoms with Crippen molar-refractivity contribution >= 4 is 34.0 Å². The molecule has 1 aliphatic heterocycles. The molecule has 1 N–H and O–H groups in total. The molecule has 2 unspecified atom stereocenters. The van der Waals surface area contributed by atoms with Gasteiger partial charge in [0.1, 0.15) is 11.1 Å². The second-order valence-electron chi connectivity index (χ2n) is 6.92. The van der Waals surface area contributed by atoms with E-state index in [9.17, 15) is 17.2 Å². The van der Waals surface area contributed by atoms with Gasteiger partial charge in [-0.3, -0.25) is 4.90 Å². The molecule has 4 nitrogen and oxygen atoms in total. The molecule has 2 aliphatic rings. The van der Waals surface area contributed by atoms with Crippen LogP contribution in [0.5, 0.6) is 0 Å². The Balaban J connectivity index is 0.00000280. The molecule has 28 heavy (non-hydrogen) atoms. The number of alkyl halides is 2. The van der Waals surface area contributed by atoms with Crippen molar-refractivity contribution in [1.82, 2.24) is 9.62 Å². The molecule has 1 aromatic rings. The maximum Gasteiger partial charge on any atom is 0.223 e. The minimum Gasteiger partial charge on any atom is -0.299 e. The summed E-state index contributed by atoms with van der Waals surface area (Å²) in [4.78, 5) is 2.34. The fraction of sp³-hybridized carbons (Fsp3) is 0.474. The average molecular weight is 453 g/mol. The van der Waals surface area contributed by atoms with Crippen LogP contribution in [0.15, 0.2) is 48.3 Å². The zero-order valence-corrected chi connectivity index (χ0v) is 17.7. The maximum atomic E-state index is 14.2. The molecular weight excluding hydrogens is 429 g/mol. The van der Waals surface area contributed by atoms with E-state index in [0.29, 0.717) is 12.5 Å². The molecule has 2 atom stereocenters. The van der Waals surface area contributed by atoms with Crippen molar-refractivity contribution in [3.8, 4) is 0 Å². The van der Waals surface area contributed by atoms with Gasteiger partial charge < -0.3 is 0 Å². The summed E-state index contributed by atoms with van der Waals surface area (Å²) in [6.45, 7) is 2.91. The Kier molecular flexibility index (Phi) is 8.05. The van der Waals surface area contributed by atoms with E-state index >= 15 is 0 Å². The molecule has 0 amide bonds. The lowest BCUT2D eigenvalue weighted by Gasteiger charge is -2.28. The van der Waals surface area contributed by atoms with Gasteiger partial charge in [-0.15, -0.1) is 12.4 Å². The molecule has 1 aliphatic carbocycles. The molecule has 0 fully saturated rings. The van der Waals surface area contributed by atoms with E-state index in [4.69, 9.17) is 11.6 Å². The normalized spacial score (nSPS) is 25.0. The van der Waals surface area contributed by atoms with Crippen LogP contribution in [0, 0.1) is 0 Å². The number of halogens is 4. The van der Waals surface area contributed by atoms with Crippen LogP contribution < -0.4 is 4.72 Å². The van der Waals surface area contributed by atoms with E-state index in [1.54, 1.807) is 0 Å². The van der Waals surface area contributed by atoms with E-state index < -0.39 is 26.2 Å². The number of fused-ring (bicyclic) bond motifs is 1. The number of hydrogen-bond acceptors (Lipinski definition) is 3. The van der Waals surface area contributed by atoms with Gasteiger partial charge in [-0.25, -0.2) is 21.9 Å². The number of sulfonamides is 1. The number of allylic oxidation sites excluding steroid dienone is 3. The Morgan fingerprint density at radius 3 is 2.71 bits per heavy atom. The van der Waals surface area contributed by atoms with E-state index in [1.165, 1.54) is 11.1 Å². The smallest absolute Gasteiger partial charge is 0.223 e. The van der Waals surface area contributed by atoms with Crippen LogP contribution in [0.25, 0.3) is 0 Å². The first-order chi connectivity index (χ1) is 12.8. The summed E-state index contributed by atoms with van der Waals surface area (Å²) in [5, 5.41) is -4.43. The quantitative estimate of drug-likeness (QED) is 0.504. The molecule has 3 rings (SSSR count).